The summed E-state index contributed by atoms with van der Waals surface area (Å²) < 4.78 is 118. The molecule has 0 spiro atoms. The van der Waals surface area contributed by atoms with Gasteiger partial charge in [0, 0.05) is 37.7 Å². The summed E-state index contributed by atoms with van der Waals surface area (Å²) in [5.41, 5.74) is 8.16. The molecule has 0 saturated carbocycles. The molecule has 0 saturated heterocycles. The van der Waals surface area contributed by atoms with Crippen LogP contribution in [0.1, 0.15) is 33.4 Å². The van der Waals surface area contributed by atoms with Crippen LogP contribution in [0.25, 0.3) is 0 Å². The molecule has 0 atom stereocenters. The van der Waals surface area contributed by atoms with Gasteiger partial charge in [0.05, 0.1) is 0 Å². The van der Waals surface area contributed by atoms with Gasteiger partial charge in [-0.1, -0.05) is 80.2 Å². The van der Waals surface area contributed by atoms with E-state index in [0.29, 0.717) is 0 Å². The van der Waals surface area contributed by atoms with Crippen LogP contribution in [0.5, 0.6) is 0 Å². The molecule has 18 heteroatoms. The number of aryl methyl sites for hydroxylation is 4. The summed E-state index contributed by atoms with van der Waals surface area (Å²) in [5.74, 6) is 2.29. The van der Waals surface area contributed by atoms with E-state index in [1.807, 2.05) is 21.6 Å². The quantitative estimate of drug-likeness (QED) is 0.107. The Bertz CT molecular complexity index is 943. The summed E-state index contributed by atoms with van der Waals surface area (Å²) in [7, 11) is -17.4. The van der Waals surface area contributed by atoms with Crippen molar-refractivity contribution in [2.24, 2.45) is 0 Å². The maximum atomic E-state index is 9.87. The van der Waals surface area contributed by atoms with E-state index in [-0.39, 0.29) is 0 Å². The number of nitrogens with one attached hydrogen (secondary N) is 2. The van der Waals surface area contributed by atoms with Crippen LogP contribution in [0, 0.1) is 27.7 Å². The van der Waals surface area contributed by atoms with E-state index in [2.05, 4.69) is 74.7 Å². The van der Waals surface area contributed by atoms with E-state index >= 15 is 0 Å². The molecular weight excluding hydrogens is 646 g/mol. The predicted molar refractivity (Wildman–Crippen MR) is 147 cm³/mol. The fourth-order valence-corrected chi connectivity index (χ4v) is 5.05. The summed E-state index contributed by atoms with van der Waals surface area (Å²) in [6.07, 6.45) is 0. The number of hydrogen-bond donors (Lipinski definition) is 2. The van der Waals surface area contributed by atoms with Crippen LogP contribution in [-0.2, 0) is 13.1 Å². The van der Waals surface area contributed by atoms with Crippen molar-refractivity contribution in [3.8, 4) is 0 Å². The van der Waals surface area contributed by atoms with Crippen LogP contribution < -0.4 is 10.6 Å². The predicted octanol–water partition coefficient (Wildman–Crippen LogP) is 11.9. The second kappa shape index (κ2) is 13.2. The monoisotopic (exact) mass is 678 g/mol. The van der Waals surface area contributed by atoms with Gasteiger partial charge in [0.15, 0.2) is 0 Å². The molecule has 0 aliphatic rings. The summed E-state index contributed by atoms with van der Waals surface area (Å²) in [6.45, 7) is 12.7. The Labute approximate surface area is 233 Å². The average Bonchev–Trinajstić information content (AvgIpc) is 2.63. The molecule has 238 valence electrons. The zero-order chi connectivity index (χ0) is 31.6. The molecule has 2 nitrogen and oxygen atoms in total. The van der Waals surface area contributed by atoms with E-state index in [9.17, 15) is 50.4 Å². The molecule has 0 radical (unpaired) electrons. The summed E-state index contributed by atoms with van der Waals surface area (Å²) in [6, 6.07) is 13.5. The molecule has 2 aromatic rings. The molecule has 2 rings (SSSR count). The van der Waals surface area contributed by atoms with E-state index in [4.69, 9.17) is 0 Å². The van der Waals surface area contributed by atoms with Gasteiger partial charge in [0.25, 0.3) is 0 Å². The average molecular weight is 679 g/mol. The molecule has 2 N–H and O–H groups in total. The Balaban J connectivity index is 0.000000894. The molecule has 0 aromatic heterocycles. The van der Waals surface area contributed by atoms with Gasteiger partial charge in [-0.2, -0.15) is 0 Å². The van der Waals surface area contributed by atoms with Crippen LogP contribution in [0.2, 0.25) is 0 Å². The number of rotatable bonds is 11. The third-order valence-electron chi connectivity index (χ3n) is 4.03. The molecule has 40 heavy (non-hydrogen) atoms. The van der Waals surface area contributed by atoms with Crippen molar-refractivity contribution in [2.75, 3.05) is 24.6 Å². The second-order valence-corrected chi connectivity index (χ2v) is 15.4. The molecule has 0 bridgehead atoms. The molecule has 0 fully saturated rings. The molecule has 0 unspecified atom stereocenters. The standard InChI is InChI=1S/C22H32N2S2.2F6P/c1-17-9-18(2)12-21(11-17)15-23-5-7-25-26-8-6-24-16-22-13-19(3)10-20(4)14-22;2*1-7(2,3,4,5)6/h9-14,23-24H,5-8,15-16H2,1-4H3;;/q;2*-1. The van der Waals surface area contributed by atoms with Gasteiger partial charge in [-0.25, -0.2) is 0 Å². The third-order valence-corrected chi connectivity index (χ3v) is 6.44. The minimum absolute atomic E-state index is 0.964. The number of hydrogen-bond acceptors (Lipinski definition) is 4. The van der Waals surface area contributed by atoms with Crippen molar-refractivity contribution in [1.29, 1.82) is 0 Å². The summed E-state index contributed by atoms with van der Waals surface area (Å²) in [4.78, 5) is 0. The molecular formula is C22H32F12N2P2S2-2. The Morgan fingerprint density at radius 2 is 0.700 bits per heavy atom. The Morgan fingerprint density at radius 3 is 0.925 bits per heavy atom. The van der Waals surface area contributed by atoms with Gasteiger partial charge in [-0.15, -0.1) is 0 Å². The topological polar surface area (TPSA) is 24.1 Å². The van der Waals surface area contributed by atoms with Crippen molar-refractivity contribution in [3.63, 3.8) is 0 Å². The van der Waals surface area contributed by atoms with Gasteiger partial charge in [0.1, 0.15) is 0 Å². The van der Waals surface area contributed by atoms with Crippen molar-refractivity contribution in [1.82, 2.24) is 10.6 Å². The van der Waals surface area contributed by atoms with Crippen molar-refractivity contribution in [3.05, 3.63) is 69.8 Å². The second-order valence-electron chi connectivity index (χ2n) is 8.91. The first kappa shape index (κ1) is 39.1. The van der Waals surface area contributed by atoms with Gasteiger partial charge < -0.3 is 10.6 Å². The molecule has 0 aliphatic heterocycles. The number of halogens is 12. The van der Waals surface area contributed by atoms with Crippen molar-refractivity contribution in [2.45, 2.75) is 40.8 Å². The third kappa shape index (κ3) is 37.1. The first-order valence-corrected chi connectivity index (χ1v) is 17.9. The van der Waals surface area contributed by atoms with Gasteiger partial charge in [0.2, 0.25) is 0 Å². The zero-order valence-corrected chi connectivity index (χ0v) is 25.4. The fourth-order valence-electron chi connectivity index (χ4n) is 3.15. The van der Waals surface area contributed by atoms with E-state index in [1.54, 1.807) is 0 Å². The molecule has 2 aromatic carbocycles. The fraction of sp³-hybridized carbons (Fsp3) is 0.455. The number of benzene rings is 2. The molecule has 0 amide bonds. The Kier molecular flexibility index (Phi) is 12.9. The van der Waals surface area contributed by atoms with Gasteiger partial charge in [-0.05, 0) is 38.8 Å². The first-order valence-electron chi connectivity index (χ1n) is 11.4. The Hall–Kier alpha value is -0.920. The van der Waals surface area contributed by atoms with Crippen molar-refractivity contribution >= 4 is 37.2 Å². The van der Waals surface area contributed by atoms with Crippen LogP contribution in [-0.4, -0.2) is 24.6 Å². The van der Waals surface area contributed by atoms with Gasteiger partial charge >= 0.3 is 66.0 Å². The normalized spacial score (nSPS) is 15.3. The first-order chi connectivity index (χ1) is 17.4. The maximum absolute atomic E-state index is 10.7. The van der Waals surface area contributed by atoms with E-state index in [1.165, 1.54) is 33.4 Å². The van der Waals surface area contributed by atoms with Crippen LogP contribution in [0.3, 0.4) is 0 Å². The zero-order valence-electron chi connectivity index (χ0n) is 22.0. The molecule has 0 heterocycles. The van der Waals surface area contributed by atoms with Crippen molar-refractivity contribution < 1.29 is 50.4 Å². The summed E-state index contributed by atoms with van der Waals surface area (Å²) in [5, 5.41) is 7.08. The SMILES string of the molecule is Cc1cc(C)cc(CNCCSSCCNCc2cc(C)cc(C)c2)c1.F[P-](F)(F)(F)(F)F.F[P-](F)(F)(F)(F)F. The molecule has 0 aliphatic carbocycles. The summed E-state index contributed by atoms with van der Waals surface area (Å²) >= 11 is 0. The van der Waals surface area contributed by atoms with Gasteiger partial charge in [-0.3, -0.25) is 0 Å². The van der Waals surface area contributed by atoms with Crippen LogP contribution in [0.4, 0.5) is 50.4 Å². The van der Waals surface area contributed by atoms with Crippen LogP contribution in [0.15, 0.2) is 36.4 Å². The minimum atomic E-state index is -10.7. The van der Waals surface area contributed by atoms with Crippen LogP contribution >= 0.6 is 37.2 Å². The van der Waals surface area contributed by atoms with E-state index < -0.39 is 15.6 Å². The Morgan fingerprint density at radius 1 is 0.475 bits per heavy atom. The van der Waals surface area contributed by atoms with E-state index in [0.717, 1.165) is 37.7 Å².